The molecule has 0 fully saturated rings. The van der Waals surface area contributed by atoms with Gasteiger partial charge < -0.3 is 4.74 Å². The molecule has 4 heteroatoms. The summed E-state index contributed by atoms with van der Waals surface area (Å²) in [5, 5.41) is 0.601. The fourth-order valence-corrected chi connectivity index (χ4v) is 1.35. The van der Waals surface area contributed by atoms with Gasteiger partial charge in [0.25, 0.3) is 0 Å². The largest absolute Gasteiger partial charge is 0.497 e. The first kappa shape index (κ1) is 9.36. The Labute approximate surface area is 80.0 Å². The highest BCUT2D eigenvalue weighted by Crippen LogP contribution is 2.28. The molecular formula is C8H6Cl2O2. The van der Waals surface area contributed by atoms with Crippen LogP contribution in [0.5, 0.6) is 5.75 Å². The van der Waals surface area contributed by atoms with Crippen LogP contribution in [0.15, 0.2) is 12.1 Å². The Morgan fingerprint density at radius 2 is 1.83 bits per heavy atom. The van der Waals surface area contributed by atoms with Crippen molar-refractivity contribution in [1.82, 2.24) is 0 Å². The number of hydrogen-bond acceptors (Lipinski definition) is 2. The first-order chi connectivity index (χ1) is 5.69. The average Bonchev–Trinajstić information content (AvgIpc) is 2.03. The van der Waals surface area contributed by atoms with E-state index in [0.29, 0.717) is 27.6 Å². The third-order valence-corrected chi connectivity index (χ3v) is 2.03. The van der Waals surface area contributed by atoms with Gasteiger partial charge in [0.15, 0.2) is 6.29 Å². The van der Waals surface area contributed by atoms with Crippen LogP contribution in [0.25, 0.3) is 0 Å². The lowest BCUT2D eigenvalue weighted by Crippen LogP contribution is -1.88. The number of benzene rings is 1. The van der Waals surface area contributed by atoms with Crippen molar-refractivity contribution in [3.05, 3.63) is 27.7 Å². The monoisotopic (exact) mass is 204 g/mol. The molecule has 0 saturated carbocycles. The molecule has 0 N–H and O–H groups in total. The van der Waals surface area contributed by atoms with E-state index in [1.807, 2.05) is 0 Å². The highest BCUT2D eigenvalue weighted by atomic mass is 35.5. The summed E-state index contributed by atoms with van der Waals surface area (Å²) in [6, 6.07) is 3.08. The quantitative estimate of drug-likeness (QED) is 0.694. The Morgan fingerprint density at radius 3 is 2.17 bits per heavy atom. The van der Waals surface area contributed by atoms with E-state index in [1.165, 1.54) is 19.2 Å². The van der Waals surface area contributed by atoms with Crippen LogP contribution in [-0.4, -0.2) is 13.4 Å². The molecule has 12 heavy (non-hydrogen) atoms. The van der Waals surface area contributed by atoms with Gasteiger partial charge in [0.2, 0.25) is 0 Å². The van der Waals surface area contributed by atoms with Gasteiger partial charge >= 0.3 is 0 Å². The van der Waals surface area contributed by atoms with Crippen LogP contribution in [0.1, 0.15) is 10.4 Å². The minimum Gasteiger partial charge on any atom is -0.497 e. The molecule has 0 aliphatic heterocycles. The molecule has 0 spiro atoms. The highest BCUT2D eigenvalue weighted by Gasteiger charge is 2.06. The van der Waals surface area contributed by atoms with Crippen molar-refractivity contribution in [2.45, 2.75) is 0 Å². The van der Waals surface area contributed by atoms with Crippen LogP contribution >= 0.6 is 23.2 Å². The van der Waals surface area contributed by atoms with Crippen LogP contribution < -0.4 is 4.74 Å². The third-order valence-electron chi connectivity index (χ3n) is 1.41. The predicted octanol–water partition coefficient (Wildman–Crippen LogP) is 2.81. The van der Waals surface area contributed by atoms with Gasteiger partial charge in [-0.05, 0) is 12.1 Å². The summed E-state index contributed by atoms with van der Waals surface area (Å²) in [5.41, 5.74) is 0.291. The Morgan fingerprint density at radius 1 is 1.33 bits per heavy atom. The molecule has 0 radical (unpaired) electrons. The van der Waals surface area contributed by atoms with Crippen molar-refractivity contribution < 1.29 is 9.53 Å². The fourth-order valence-electron chi connectivity index (χ4n) is 0.791. The second-order valence-electron chi connectivity index (χ2n) is 2.12. The zero-order valence-corrected chi connectivity index (χ0v) is 7.82. The molecule has 0 bridgehead atoms. The van der Waals surface area contributed by atoms with E-state index < -0.39 is 0 Å². The van der Waals surface area contributed by atoms with E-state index in [4.69, 9.17) is 27.9 Å². The lowest BCUT2D eigenvalue weighted by atomic mass is 10.2. The molecule has 64 valence electrons. The van der Waals surface area contributed by atoms with Crippen LogP contribution in [0.4, 0.5) is 0 Å². The van der Waals surface area contributed by atoms with E-state index >= 15 is 0 Å². The molecule has 0 aliphatic carbocycles. The number of carbonyl (C=O) groups is 1. The van der Waals surface area contributed by atoms with Gasteiger partial charge in [-0.3, -0.25) is 4.79 Å². The lowest BCUT2D eigenvalue weighted by molar-refractivity contribution is 0.112. The number of hydrogen-bond donors (Lipinski definition) is 0. The second-order valence-corrected chi connectivity index (χ2v) is 2.94. The molecule has 0 saturated heterocycles. The summed E-state index contributed by atoms with van der Waals surface area (Å²) in [6.07, 6.45) is 0.615. The third kappa shape index (κ3) is 1.71. The zero-order valence-electron chi connectivity index (χ0n) is 6.30. The number of methoxy groups -OCH3 is 1. The van der Waals surface area contributed by atoms with Gasteiger partial charge in [0.1, 0.15) is 5.75 Å². The van der Waals surface area contributed by atoms with Gasteiger partial charge in [-0.15, -0.1) is 0 Å². The zero-order chi connectivity index (χ0) is 9.14. The summed E-state index contributed by atoms with van der Waals surface area (Å²) in [4.78, 5) is 10.4. The first-order valence-electron chi connectivity index (χ1n) is 3.17. The van der Waals surface area contributed by atoms with Crippen LogP contribution in [-0.2, 0) is 0 Å². The molecule has 1 aromatic rings. The molecule has 0 aromatic heterocycles. The molecule has 0 atom stereocenters. The van der Waals surface area contributed by atoms with Crippen LogP contribution in [0, 0.1) is 0 Å². The predicted molar refractivity (Wildman–Crippen MR) is 48.4 cm³/mol. The van der Waals surface area contributed by atoms with Crippen LogP contribution in [0.3, 0.4) is 0 Å². The smallest absolute Gasteiger partial charge is 0.153 e. The number of carbonyl (C=O) groups excluding carboxylic acids is 1. The fraction of sp³-hybridized carbons (Fsp3) is 0.125. The van der Waals surface area contributed by atoms with Crippen molar-refractivity contribution in [2.24, 2.45) is 0 Å². The lowest BCUT2D eigenvalue weighted by Gasteiger charge is -2.03. The molecule has 0 aliphatic rings. The Balaban J connectivity index is 3.27. The summed E-state index contributed by atoms with van der Waals surface area (Å²) < 4.78 is 4.89. The highest BCUT2D eigenvalue weighted by molar-refractivity contribution is 6.38. The van der Waals surface area contributed by atoms with Gasteiger partial charge in [0.05, 0.1) is 22.7 Å². The SMILES string of the molecule is COc1cc(Cl)c(C=O)c(Cl)c1. The summed E-state index contributed by atoms with van der Waals surface area (Å²) >= 11 is 11.4. The number of aldehydes is 1. The van der Waals surface area contributed by atoms with E-state index in [1.54, 1.807) is 0 Å². The second kappa shape index (κ2) is 3.78. The number of rotatable bonds is 2. The molecule has 0 amide bonds. The van der Waals surface area contributed by atoms with Crippen molar-refractivity contribution in [2.75, 3.05) is 7.11 Å². The molecule has 1 aromatic carbocycles. The number of halogens is 2. The van der Waals surface area contributed by atoms with Crippen molar-refractivity contribution in [3.8, 4) is 5.75 Å². The Hall–Kier alpha value is -0.730. The van der Waals surface area contributed by atoms with Gasteiger partial charge in [-0.2, -0.15) is 0 Å². The molecule has 0 heterocycles. The molecule has 1 rings (SSSR count). The maximum Gasteiger partial charge on any atom is 0.153 e. The van der Waals surface area contributed by atoms with Gasteiger partial charge in [-0.25, -0.2) is 0 Å². The van der Waals surface area contributed by atoms with Crippen molar-refractivity contribution >= 4 is 29.5 Å². The van der Waals surface area contributed by atoms with Crippen molar-refractivity contribution in [1.29, 1.82) is 0 Å². The van der Waals surface area contributed by atoms with Gasteiger partial charge in [-0.1, -0.05) is 23.2 Å². The standard InChI is InChI=1S/C8H6Cl2O2/c1-12-5-2-7(9)6(4-11)8(10)3-5/h2-4H,1H3. The van der Waals surface area contributed by atoms with E-state index in [0.717, 1.165) is 0 Å². The summed E-state index contributed by atoms with van der Waals surface area (Å²) in [7, 11) is 1.50. The molecular weight excluding hydrogens is 199 g/mol. The average molecular weight is 205 g/mol. The maximum atomic E-state index is 10.4. The maximum absolute atomic E-state index is 10.4. The number of ether oxygens (including phenoxy) is 1. The van der Waals surface area contributed by atoms with Crippen LogP contribution in [0.2, 0.25) is 10.0 Å². The van der Waals surface area contributed by atoms with Gasteiger partial charge in [0, 0.05) is 0 Å². The Kier molecular flexibility index (Phi) is 2.95. The van der Waals surface area contributed by atoms with E-state index in [9.17, 15) is 4.79 Å². The Bertz CT molecular complexity index is 287. The minimum atomic E-state index is 0.291. The van der Waals surface area contributed by atoms with Crippen molar-refractivity contribution in [3.63, 3.8) is 0 Å². The topological polar surface area (TPSA) is 26.3 Å². The minimum absolute atomic E-state index is 0.291. The molecule has 0 unspecified atom stereocenters. The first-order valence-corrected chi connectivity index (χ1v) is 3.93. The normalized spacial score (nSPS) is 9.58. The molecule has 2 nitrogen and oxygen atoms in total. The summed E-state index contributed by atoms with van der Waals surface area (Å²) in [6.45, 7) is 0. The van der Waals surface area contributed by atoms with E-state index in [2.05, 4.69) is 0 Å². The van der Waals surface area contributed by atoms with E-state index in [-0.39, 0.29) is 0 Å². The summed E-state index contributed by atoms with van der Waals surface area (Å²) in [5.74, 6) is 0.538.